The average molecular weight is 199 g/mol. The summed E-state index contributed by atoms with van der Waals surface area (Å²) in [7, 11) is 1.33. The van der Waals surface area contributed by atoms with Gasteiger partial charge < -0.3 is 4.74 Å². The lowest BCUT2D eigenvalue weighted by Gasteiger charge is -2.07. The molecule has 0 saturated heterocycles. The van der Waals surface area contributed by atoms with Gasteiger partial charge in [-0.2, -0.15) is 0 Å². The van der Waals surface area contributed by atoms with Gasteiger partial charge in [-0.15, -0.1) is 11.6 Å². The van der Waals surface area contributed by atoms with Crippen molar-refractivity contribution in [3.8, 4) is 0 Å². The lowest BCUT2D eigenvalue weighted by Crippen LogP contribution is -2.08. The third kappa shape index (κ3) is 2.46. The molecular weight excluding hydrogens is 188 g/mol. The van der Waals surface area contributed by atoms with Crippen molar-refractivity contribution in [1.82, 2.24) is 0 Å². The summed E-state index contributed by atoms with van der Waals surface area (Å²) in [5.74, 6) is -0.424. The topological polar surface area (TPSA) is 26.3 Å². The molecule has 0 aliphatic carbocycles. The van der Waals surface area contributed by atoms with Crippen LogP contribution in [0.25, 0.3) is 0 Å². The summed E-state index contributed by atoms with van der Waals surface area (Å²) >= 11 is 5.85. The fraction of sp³-hybridized carbons (Fsp3) is 0.300. The predicted octanol–water partition coefficient (Wildman–Crippen LogP) is 2.45. The summed E-state index contributed by atoms with van der Waals surface area (Å²) in [6.45, 7) is 1.95. The van der Waals surface area contributed by atoms with Crippen LogP contribution in [0.4, 0.5) is 0 Å². The molecule has 0 bridgehead atoms. The van der Waals surface area contributed by atoms with Gasteiger partial charge in [0.2, 0.25) is 0 Å². The van der Waals surface area contributed by atoms with E-state index in [4.69, 9.17) is 11.6 Å². The van der Waals surface area contributed by atoms with Crippen LogP contribution in [0.3, 0.4) is 0 Å². The number of rotatable bonds is 2. The zero-order valence-electron chi connectivity index (χ0n) is 7.58. The molecule has 0 N–H and O–H groups in total. The lowest BCUT2D eigenvalue weighted by molar-refractivity contribution is -0.140. The minimum Gasteiger partial charge on any atom is -0.468 e. The van der Waals surface area contributed by atoms with Crippen LogP contribution in [0.15, 0.2) is 24.3 Å². The highest BCUT2D eigenvalue weighted by atomic mass is 35.5. The number of alkyl halides is 1. The van der Waals surface area contributed by atoms with Gasteiger partial charge in [-0.3, -0.25) is 4.79 Å². The van der Waals surface area contributed by atoms with E-state index in [2.05, 4.69) is 4.74 Å². The first-order chi connectivity index (χ1) is 6.15. The summed E-state index contributed by atoms with van der Waals surface area (Å²) in [6.07, 6.45) is 0. The highest BCUT2D eigenvalue weighted by Gasteiger charge is 2.17. The maximum absolute atomic E-state index is 11.1. The zero-order valence-corrected chi connectivity index (χ0v) is 8.34. The van der Waals surface area contributed by atoms with E-state index < -0.39 is 11.3 Å². The molecule has 1 rings (SSSR count). The standard InChI is InChI=1S/C10H11ClO2/c1-7-4-3-5-8(6-7)9(11)10(12)13-2/h3-6,9H,1-2H3. The van der Waals surface area contributed by atoms with E-state index in [0.717, 1.165) is 11.1 Å². The van der Waals surface area contributed by atoms with Crippen LogP contribution in [-0.4, -0.2) is 13.1 Å². The first-order valence-electron chi connectivity index (χ1n) is 3.93. The van der Waals surface area contributed by atoms with Gasteiger partial charge in [-0.25, -0.2) is 0 Å². The van der Waals surface area contributed by atoms with E-state index in [-0.39, 0.29) is 0 Å². The van der Waals surface area contributed by atoms with Crippen LogP contribution in [0, 0.1) is 6.92 Å². The molecule has 70 valence electrons. The maximum atomic E-state index is 11.1. The van der Waals surface area contributed by atoms with Crippen molar-refractivity contribution in [3.05, 3.63) is 35.4 Å². The molecule has 1 aromatic carbocycles. The predicted molar refractivity (Wildman–Crippen MR) is 51.8 cm³/mol. The van der Waals surface area contributed by atoms with Gasteiger partial charge in [-0.1, -0.05) is 29.8 Å². The molecule has 13 heavy (non-hydrogen) atoms. The van der Waals surface area contributed by atoms with E-state index in [0.29, 0.717) is 0 Å². The molecule has 0 aliphatic rings. The summed E-state index contributed by atoms with van der Waals surface area (Å²) in [4.78, 5) is 11.1. The van der Waals surface area contributed by atoms with Crippen LogP contribution in [0.2, 0.25) is 0 Å². The van der Waals surface area contributed by atoms with Crippen molar-refractivity contribution in [2.24, 2.45) is 0 Å². The van der Waals surface area contributed by atoms with Crippen LogP contribution < -0.4 is 0 Å². The van der Waals surface area contributed by atoms with Gasteiger partial charge >= 0.3 is 5.97 Å². The van der Waals surface area contributed by atoms with Gasteiger partial charge in [0.05, 0.1) is 7.11 Å². The van der Waals surface area contributed by atoms with Crippen molar-refractivity contribution in [2.45, 2.75) is 12.3 Å². The molecule has 3 heteroatoms. The monoisotopic (exact) mass is 198 g/mol. The number of esters is 1. The largest absolute Gasteiger partial charge is 0.468 e. The quantitative estimate of drug-likeness (QED) is 0.539. The Labute approximate surface area is 82.5 Å². The van der Waals surface area contributed by atoms with E-state index in [1.54, 1.807) is 0 Å². The SMILES string of the molecule is COC(=O)C(Cl)c1cccc(C)c1. The average Bonchev–Trinajstić information content (AvgIpc) is 2.15. The second-order valence-corrected chi connectivity index (χ2v) is 3.24. The van der Waals surface area contributed by atoms with Gasteiger partial charge in [0.25, 0.3) is 0 Å². The number of carbonyl (C=O) groups excluding carboxylic acids is 1. The molecule has 1 unspecified atom stereocenters. The Morgan fingerprint density at radius 3 is 2.77 bits per heavy atom. The highest BCUT2D eigenvalue weighted by molar-refractivity contribution is 6.29. The second kappa shape index (κ2) is 4.28. The Bertz CT molecular complexity index is 310. The molecule has 0 aromatic heterocycles. The number of aryl methyl sites for hydroxylation is 1. The summed E-state index contributed by atoms with van der Waals surface area (Å²) in [5, 5.41) is -0.704. The maximum Gasteiger partial charge on any atom is 0.328 e. The molecule has 0 saturated carbocycles. The van der Waals surface area contributed by atoms with Crippen LogP contribution in [0.5, 0.6) is 0 Å². The van der Waals surface area contributed by atoms with Gasteiger partial charge in [-0.05, 0) is 12.5 Å². The minimum absolute atomic E-state index is 0.424. The molecule has 0 spiro atoms. The van der Waals surface area contributed by atoms with Crippen molar-refractivity contribution in [3.63, 3.8) is 0 Å². The third-order valence-corrected chi connectivity index (χ3v) is 2.17. The highest BCUT2D eigenvalue weighted by Crippen LogP contribution is 2.22. The van der Waals surface area contributed by atoms with Crippen molar-refractivity contribution in [1.29, 1.82) is 0 Å². The Morgan fingerprint density at radius 1 is 1.54 bits per heavy atom. The normalized spacial score (nSPS) is 12.2. The second-order valence-electron chi connectivity index (χ2n) is 2.80. The fourth-order valence-electron chi connectivity index (χ4n) is 1.07. The molecule has 0 radical (unpaired) electrons. The zero-order chi connectivity index (χ0) is 9.84. The van der Waals surface area contributed by atoms with E-state index in [1.807, 2.05) is 31.2 Å². The third-order valence-electron chi connectivity index (χ3n) is 1.74. The van der Waals surface area contributed by atoms with Gasteiger partial charge in [0.1, 0.15) is 0 Å². The van der Waals surface area contributed by atoms with Crippen LogP contribution >= 0.6 is 11.6 Å². The number of hydrogen-bond acceptors (Lipinski definition) is 2. The van der Waals surface area contributed by atoms with Crippen LogP contribution in [-0.2, 0) is 9.53 Å². The number of carbonyl (C=O) groups is 1. The van der Waals surface area contributed by atoms with E-state index in [1.165, 1.54) is 7.11 Å². The number of methoxy groups -OCH3 is 1. The number of hydrogen-bond donors (Lipinski definition) is 0. The first-order valence-corrected chi connectivity index (χ1v) is 4.37. The Hall–Kier alpha value is -1.02. The molecule has 0 aliphatic heterocycles. The molecule has 1 aromatic rings. The Morgan fingerprint density at radius 2 is 2.23 bits per heavy atom. The molecule has 1 atom stereocenters. The number of ether oxygens (including phenoxy) is 1. The first kappa shape index (κ1) is 10.1. The molecule has 2 nitrogen and oxygen atoms in total. The lowest BCUT2D eigenvalue weighted by atomic mass is 10.1. The van der Waals surface area contributed by atoms with Crippen molar-refractivity contribution in [2.75, 3.05) is 7.11 Å². The molecule has 0 amide bonds. The Kier molecular flexibility index (Phi) is 3.32. The summed E-state index contributed by atoms with van der Waals surface area (Å²) in [6, 6.07) is 7.49. The number of benzene rings is 1. The van der Waals surface area contributed by atoms with Gasteiger partial charge in [0.15, 0.2) is 5.38 Å². The molecular formula is C10H11ClO2. The molecule has 0 fully saturated rings. The minimum atomic E-state index is -0.704. The van der Waals surface area contributed by atoms with Crippen LogP contribution in [0.1, 0.15) is 16.5 Å². The Balaban J connectivity index is 2.88. The molecule has 0 heterocycles. The summed E-state index contributed by atoms with van der Waals surface area (Å²) in [5.41, 5.74) is 1.85. The fourth-order valence-corrected chi connectivity index (χ4v) is 1.29. The number of halogens is 1. The van der Waals surface area contributed by atoms with E-state index >= 15 is 0 Å². The smallest absolute Gasteiger partial charge is 0.328 e. The van der Waals surface area contributed by atoms with Crippen molar-refractivity contribution < 1.29 is 9.53 Å². The van der Waals surface area contributed by atoms with Gasteiger partial charge in [0, 0.05) is 0 Å². The van der Waals surface area contributed by atoms with E-state index in [9.17, 15) is 4.79 Å². The van der Waals surface area contributed by atoms with Crippen molar-refractivity contribution >= 4 is 17.6 Å². The summed E-state index contributed by atoms with van der Waals surface area (Å²) < 4.78 is 4.54.